The zero-order valence-electron chi connectivity index (χ0n) is 12.8. The van der Waals surface area contributed by atoms with Gasteiger partial charge in [-0.25, -0.2) is 4.79 Å². The van der Waals surface area contributed by atoms with E-state index in [4.69, 9.17) is 25.9 Å². The van der Waals surface area contributed by atoms with Gasteiger partial charge in [-0.15, -0.1) is 0 Å². The Morgan fingerprint density at radius 2 is 1.71 bits per heavy atom. The summed E-state index contributed by atoms with van der Waals surface area (Å²) in [6.07, 6.45) is -0.504. The second-order valence-electron chi connectivity index (χ2n) is 4.58. The molecule has 1 amide bonds. The third-order valence-corrected chi connectivity index (χ3v) is 2.75. The third-order valence-electron chi connectivity index (χ3n) is 2.75. The van der Waals surface area contributed by atoms with E-state index in [2.05, 4.69) is 5.73 Å². The molecule has 8 N–H and O–H groups in total. The summed E-state index contributed by atoms with van der Waals surface area (Å²) in [5, 5.41) is 25.7. The highest BCUT2D eigenvalue weighted by Crippen LogP contribution is 2.17. The van der Waals surface area contributed by atoms with Crippen LogP contribution in [0, 0.1) is 0 Å². The predicted octanol–water partition coefficient (Wildman–Crippen LogP) is -0.742. The first-order valence-corrected chi connectivity index (χ1v) is 6.80. The maximum Gasteiger partial charge on any atom is 0.353 e. The monoisotopic (exact) mass is 343 g/mol. The molecule has 0 aromatic heterocycles. The van der Waals surface area contributed by atoms with Gasteiger partial charge in [0.1, 0.15) is 0 Å². The average molecular weight is 343 g/mol. The summed E-state index contributed by atoms with van der Waals surface area (Å²) in [7, 11) is 0. The Morgan fingerprint density at radius 1 is 1.17 bits per heavy atom. The van der Waals surface area contributed by atoms with Crippen molar-refractivity contribution < 1.29 is 34.5 Å². The zero-order chi connectivity index (χ0) is 18.6. The Kier molecular flexibility index (Phi) is 9.91. The number of nitrogens with one attached hydrogen (secondary N) is 1. The molecule has 1 rings (SSSR count). The lowest BCUT2D eigenvalue weighted by molar-refractivity contribution is -0.195. The van der Waals surface area contributed by atoms with Gasteiger partial charge in [0, 0.05) is 12.8 Å². The van der Waals surface area contributed by atoms with Crippen LogP contribution in [-0.2, 0) is 25.7 Å². The topological polar surface area (TPSA) is 185 Å². The Labute approximate surface area is 138 Å². The number of hydrogen-bond donors (Lipinski definition) is 6. The van der Waals surface area contributed by atoms with E-state index < -0.39 is 23.6 Å². The van der Waals surface area contributed by atoms with Gasteiger partial charge in [-0.1, -0.05) is 30.3 Å². The van der Waals surface area contributed by atoms with Crippen LogP contribution in [0.5, 0.6) is 0 Å². The number of benzene rings is 1. The number of carboxylic acids is 2. The van der Waals surface area contributed by atoms with Crippen molar-refractivity contribution in [2.45, 2.75) is 25.2 Å². The van der Waals surface area contributed by atoms with Crippen LogP contribution in [0.1, 0.15) is 18.4 Å². The summed E-state index contributed by atoms with van der Waals surface area (Å²) in [4.78, 5) is 31.2. The standard InChI is InChI=1S/C12H16N2O5.C2H5NO2/c13-10(15)6-7-12(14-18,11(16)17)19-8-9-4-2-1-3-5-9;3-1-2(4)5/h1-5,14,18H,6-8H2,(H2,13,15)(H,16,17);1,3H2,(H,4,5)/t12-;/m1./s1. The first-order chi connectivity index (χ1) is 11.3. The van der Waals surface area contributed by atoms with Crippen molar-refractivity contribution >= 4 is 17.8 Å². The lowest BCUT2D eigenvalue weighted by Gasteiger charge is -2.27. The number of primary amides is 1. The molecule has 0 aliphatic heterocycles. The maximum atomic E-state index is 11.2. The Balaban J connectivity index is 0.000000922. The summed E-state index contributed by atoms with van der Waals surface area (Å²) in [6, 6.07) is 8.86. The van der Waals surface area contributed by atoms with Crippen LogP contribution in [0.15, 0.2) is 30.3 Å². The maximum absolute atomic E-state index is 11.2. The molecular formula is C14H21N3O7. The molecule has 1 aromatic carbocycles. The molecule has 0 aliphatic rings. The van der Waals surface area contributed by atoms with Crippen LogP contribution in [0.3, 0.4) is 0 Å². The summed E-state index contributed by atoms with van der Waals surface area (Å²) in [5.41, 5.74) is 9.84. The van der Waals surface area contributed by atoms with E-state index in [9.17, 15) is 14.4 Å². The molecule has 0 aliphatic carbocycles. The van der Waals surface area contributed by atoms with Crippen LogP contribution < -0.4 is 16.9 Å². The molecule has 1 atom stereocenters. The van der Waals surface area contributed by atoms with Gasteiger partial charge in [-0.3, -0.25) is 9.59 Å². The molecule has 0 bridgehead atoms. The van der Waals surface area contributed by atoms with Crippen molar-refractivity contribution in [2.75, 3.05) is 6.54 Å². The van der Waals surface area contributed by atoms with Crippen LogP contribution >= 0.6 is 0 Å². The van der Waals surface area contributed by atoms with Gasteiger partial charge in [0.05, 0.1) is 13.2 Å². The number of ether oxygens (including phenoxy) is 1. The molecule has 0 radical (unpaired) electrons. The second-order valence-corrected chi connectivity index (χ2v) is 4.58. The normalized spacial score (nSPS) is 12.4. The van der Waals surface area contributed by atoms with E-state index in [0.29, 0.717) is 0 Å². The van der Waals surface area contributed by atoms with Gasteiger partial charge in [-0.2, -0.15) is 5.48 Å². The Bertz CT molecular complexity index is 538. The average Bonchev–Trinajstić information content (AvgIpc) is 2.56. The van der Waals surface area contributed by atoms with Crippen LogP contribution in [-0.4, -0.2) is 45.5 Å². The molecule has 10 nitrogen and oxygen atoms in total. The molecule has 0 heterocycles. The number of rotatable bonds is 9. The highest BCUT2D eigenvalue weighted by Gasteiger charge is 2.39. The van der Waals surface area contributed by atoms with E-state index in [1.54, 1.807) is 29.7 Å². The van der Waals surface area contributed by atoms with Crippen LogP contribution in [0.4, 0.5) is 0 Å². The van der Waals surface area contributed by atoms with Gasteiger partial charge in [0.15, 0.2) is 0 Å². The van der Waals surface area contributed by atoms with E-state index >= 15 is 0 Å². The summed E-state index contributed by atoms with van der Waals surface area (Å²) < 4.78 is 5.21. The Morgan fingerprint density at radius 3 is 2.08 bits per heavy atom. The van der Waals surface area contributed by atoms with Crippen molar-refractivity contribution in [1.82, 2.24) is 5.48 Å². The smallest absolute Gasteiger partial charge is 0.353 e. The molecule has 0 fully saturated rings. The summed E-state index contributed by atoms with van der Waals surface area (Å²) in [5.74, 6) is -3.07. The molecule has 0 saturated carbocycles. The largest absolute Gasteiger partial charge is 0.480 e. The van der Waals surface area contributed by atoms with Crippen LogP contribution in [0.25, 0.3) is 0 Å². The third kappa shape index (κ3) is 8.19. The number of nitrogens with two attached hydrogens (primary N) is 2. The number of carboxylic acid groups (broad SMARTS) is 2. The zero-order valence-corrected chi connectivity index (χ0v) is 12.8. The number of carbonyl (C=O) groups is 3. The van der Waals surface area contributed by atoms with Gasteiger partial charge in [0.2, 0.25) is 11.6 Å². The fourth-order valence-corrected chi connectivity index (χ4v) is 1.46. The van der Waals surface area contributed by atoms with Crippen molar-refractivity contribution in [3.05, 3.63) is 35.9 Å². The van der Waals surface area contributed by atoms with Gasteiger partial charge < -0.3 is 31.6 Å². The lowest BCUT2D eigenvalue weighted by Crippen LogP contribution is -2.53. The summed E-state index contributed by atoms with van der Waals surface area (Å²) in [6.45, 7) is -0.306. The van der Waals surface area contributed by atoms with Gasteiger partial charge >= 0.3 is 11.9 Å². The van der Waals surface area contributed by atoms with Crippen molar-refractivity contribution in [3.8, 4) is 0 Å². The predicted molar refractivity (Wildman–Crippen MR) is 81.6 cm³/mol. The molecule has 0 unspecified atom stereocenters. The van der Waals surface area contributed by atoms with E-state index in [1.165, 1.54) is 0 Å². The van der Waals surface area contributed by atoms with Crippen LogP contribution in [0.2, 0.25) is 0 Å². The van der Waals surface area contributed by atoms with E-state index in [1.807, 2.05) is 6.07 Å². The molecule has 0 spiro atoms. The number of carbonyl (C=O) groups excluding carboxylic acids is 1. The quantitative estimate of drug-likeness (QED) is 0.248. The van der Waals surface area contributed by atoms with E-state index in [-0.39, 0.29) is 26.0 Å². The lowest BCUT2D eigenvalue weighted by atomic mass is 10.1. The van der Waals surface area contributed by atoms with Crippen molar-refractivity contribution in [1.29, 1.82) is 0 Å². The molecule has 10 heteroatoms. The fraction of sp³-hybridized carbons (Fsp3) is 0.357. The second kappa shape index (κ2) is 11.1. The number of amides is 1. The number of hydroxylamine groups is 1. The number of aliphatic carboxylic acids is 2. The molecule has 1 aromatic rings. The number of hydrogen-bond acceptors (Lipinski definition) is 7. The molecule has 24 heavy (non-hydrogen) atoms. The van der Waals surface area contributed by atoms with Crippen molar-refractivity contribution in [3.63, 3.8) is 0 Å². The minimum atomic E-state index is -2.05. The van der Waals surface area contributed by atoms with Gasteiger partial charge in [0.25, 0.3) is 0 Å². The highest BCUT2D eigenvalue weighted by atomic mass is 16.6. The van der Waals surface area contributed by atoms with E-state index in [0.717, 1.165) is 5.56 Å². The Hall–Kier alpha value is -2.53. The fourth-order valence-electron chi connectivity index (χ4n) is 1.46. The molecule has 134 valence electrons. The highest BCUT2D eigenvalue weighted by molar-refractivity contribution is 5.79. The first kappa shape index (κ1) is 21.5. The first-order valence-electron chi connectivity index (χ1n) is 6.80. The molecule has 0 saturated heterocycles. The SMILES string of the molecule is NC(=O)CC[C@@](NO)(OCc1ccccc1)C(=O)O.NCC(=O)O. The molecular weight excluding hydrogens is 322 g/mol. The minimum Gasteiger partial charge on any atom is -0.480 e. The minimum absolute atomic E-state index is 0.0283. The van der Waals surface area contributed by atoms with Gasteiger partial charge in [-0.05, 0) is 5.56 Å². The van der Waals surface area contributed by atoms with Crippen molar-refractivity contribution in [2.24, 2.45) is 11.5 Å². The summed E-state index contributed by atoms with van der Waals surface area (Å²) >= 11 is 0.